The van der Waals surface area contributed by atoms with Crippen molar-refractivity contribution in [1.82, 2.24) is 0 Å². The van der Waals surface area contributed by atoms with E-state index in [0.29, 0.717) is 5.69 Å². The Bertz CT molecular complexity index is 591. The maximum absolute atomic E-state index is 11.4. The average Bonchev–Trinajstić information content (AvgIpc) is 2.49. The standard InChI is InChI=1S/C15H20N4O2/c1-4-18(5-2)13-7-6-12(10-14(13)19(20)21)15-11(3)8-9-16-17-15/h6-7,9-11H,4-5,8H2,1-3H3. The summed E-state index contributed by atoms with van der Waals surface area (Å²) >= 11 is 0. The summed E-state index contributed by atoms with van der Waals surface area (Å²) in [6.07, 6.45) is 2.58. The second-order valence-electron chi connectivity index (χ2n) is 5.05. The van der Waals surface area contributed by atoms with Crippen molar-refractivity contribution in [2.75, 3.05) is 18.0 Å². The summed E-state index contributed by atoms with van der Waals surface area (Å²) in [4.78, 5) is 13.0. The first-order valence-corrected chi connectivity index (χ1v) is 7.21. The van der Waals surface area contributed by atoms with Crippen LogP contribution in [0.1, 0.15) is 32.8 Å². The molecular weight excluding hydrogens is 268 g/mol. The molecule has 1 unspecified atom stereocenters. The van der Waals surface area contributed by atoms with Crippen LogP contribution in [0.15, 0.2) is 28.4 Å². The van der Waals surface area contributed by atoms with Gasteiger partial charge in [-0.15, -0.1) is 0 Å². The molecule has 6 heteroatoms. The minimum absolute atomic E-state index is 0.126. The highest BCUT2D eigenvalue weighted by Crippen LogP contribution is 2.30. The molecule has 0 aromatic heterocycles. The van der Waals surface area contributed by atoms with Gasteiger partial charge in [-0.1, -0.05) is 13.0 Å². The maximum Gasteiger partial charge on any atom is 0.293 e. The van der Waals surface area contributed by atoms with E-state index in [1.165, 1.54) is 0 Å². The van der Waals surface area contributed by atoms with E-state index in [1.807, 2.05) is 37.8 Å². The van der Waals surface area contributed by atoms with Crippen LogP contribution in [-0.2, 0) is 0 Å². The molecule has 0 spiro atoms. The topological polar surface area (TPSA) is 71.1 Å². The molecule has 0 fully saturated rings. The fourth-order valence-electron chi connectivity index (χ4n) is 2.52. The average molecular weight is 288 g/mol. The summed E-state index contributed by atoms with van der Waals surface area (Å²) in [6, 6.07) is 5.33. The zero-order valence-corrected chi connectivity index (χ0v) is 12.6. The fourth-order valence-corrected chi connectivity index (χ4v) is 2.52. The van der Waals surface area contributed by atoms with Crippen LogP contribution in [0.3, 0.4) is 0 Å². The Kier molecular flexibility index (Phi) is 4.67. The number of rotatable bonds is 5. The van der Waals surface area contributed by atoms with Gasteiger partial charge in [0.2, 0.25) is 0 Å². The van der Waals surface area contributed by atoms with Gasteiger partial charge in [0.05, 0.1) is 10.6 Å². The Labute approximate surface area is 124 Å². The van der Waals surface area contributed by atoms with Crippen LogP contribution in [0.4, 0.5) is 11.4 Å². The fraction of sp³-hybridized carbons (Fsp3) is 0.467. The highest BCUT2D eigenvalue weighted by molar-refractivity contribution is 6.04. The summed E-state index contributed by atoms with van der Waals surface area (Å²) in [5.74, 6) is 0.224. The van der Waals surface area contributed by atoms with Crippen LogP contribution < -0.4 is 4.90 Å². The molecule has 0 aliphatic carbocycles. The number of nitrogens with zero attached hydrogens (tertiary/aromatic N) is 4. The second-order valence-corrected chi connectivity index (χ2v) is 5.05. The number of hydrogen-bond donors (Lipinski definition) is 0. The highest BCUT2D eigenvalue weighted by Gasteiger charge is 2.22. The molecule has 6 nitrogen and oxygen atoms in total. The Morgan fingerprint density at radius 3 is 2.67 bits per heavy atom. The predicted octanol–water partition coefficient (Wildman–Crippen LogP) is 3.26. The van der Waals surface area contributed by atoms with E-state index in [9.17, 15) is 10.1 Å². The SMILES string of the molecule is CCN(CC)c1ccc(C2=NN=CCC2C)cc1[N+](=O)[O-]. The van der Waals surface area contributed by atoms with Crippen LogP contribution in [0.5, 0.6) is 0 Å². The van der Waals surface area contributed by atoms with Gasteiger partial charge in [0.25, 0.3) is 5.69 Å². The molecule has 1 aromatic carbocycles. The van der Waals surface area contributed by atoms with Crippen molar-refractivity contribution in [3.63, 3.8) is 0 Å². The summed E-state index contributed by atoms with van der Waals surface area (Å²) in [5.41, 5.74) is 2.37. The molecule has 1 aromatic rings. The van der Waals surface area contributed by atoms with Gasteiger partial charge in [0, 0.05) is 36.9 Å². The predicted molar refractivity (Wildman–Crippen MR) is 85.5 cm³/mol. The van der Waals surface area contributed by atoms with Crippen molar-refractivity contribution in [1.29, 1.82) is 0 Å². The third-order valence-electron chi connectivity index (χ3n) is 3.74. The molecular formula is C15H20N4O2. The van der Waals surface area contributed by atoms with Crippen molar-refractivity contribution < 1.29 is 4.92 Å². The molecule has 0 bridgehead atoms. The van der Waals surface area contributed by atoms with Crippen LogP contribution >= 0.6 is 0 Å². The smallest absolute Gasteiger partial charge is 0.293 e. The zero-order valence-electron chi connectivity index (χ0n) is 12.6. The van der Waals surface area contributed by atoms with E-state index >= 15 is 0 Å². The van der Waals surface area contributed by atoms with Crippen molar-refractivity contribution in [3.05, 3.63) is 33.9 Å². The van der Waals surface area contributed by atoms with Gasteiger partial charge < -0.3 is 4.90 Å². The van der Waals surface area contributed by atoms with Gasteiger partial charge in [-0.3, -0.25) is 10.1 Å². The summed E-state index contributed by atoms with van der Waals surface area (Å²) in [6.45, 7) is 7.50. The number of benzene rings is 1. The first-order valence-electron chi connectivity index (χ1n) is 7.21. The van der Waals surface area contributed by atoms with Crippen LogP contribution in [0.25, 0.3) is 0 Å². The summed E-state index contributed by atoms with van der Waals surface area (Å²) in [7, 11) is 0. The van der Waals surface area contributed by atoms with Gasteiger partial charge >= 0.3 is 0 Å². The summed E-state index contributed by atoms with van der Waals surface area (Å²) in [5, 5.41) is 19.5. The van der Waals surface area contributed by atoms with E-state index in [1.54, 1.807) is 12.3 Å². The van der Waals surface area contributed by atoms with Crippen LogP contribution in [0, 0.1) is 16.0 Å². The lowest BCUT2D eigenvalue weighted by atomic mass is 9.94. The lowest BCUT2D eigenvalue weighted by Crippen LogP contribution is -2.23. The van der Waals surface area contributed by atoms with Gasteiger partial charge in [0.1, 0.15) is 5.69 Å². The zero-order chi connectivity index (χ0) is 15.4. The van der Waals surface area contributed by atoms with E-state index in [4.69, 9.17) is 0 Å². The Balaban J connectivity index is 2.48. The van der Waals surface area contributed by atoms with Gasteiger partial charge in [0.15, 0.2) is 0 Å². The Morgan fingerprint density at radius 2 is 2.10 bits per heavy atom. The molecule has 0 saturated carbocycles. The Morgan fingerprint density at radius 1 is 1.38 bits per heavy atom. The van der Waals surface area contributed by atoms with E-state index in [0.717, 1.165) is 30.8 Å². The van der Waals surface area contributed by atoms with E-state index in [-0.39, 0.29) is 16.5 Å². The monoisotopic (exact) mass is 288 g/mol. The van der Waals surface area contributed by atoms with Crippen molar-refractivity contribution in [3.8, 4) is 0 Å². The third-order valence-corrected chi connectivity index (χ3v) is 3.74. The quantitative estimate of drug-likeness (QED) is 0.616. The molecule has 1 aliphatic rings. The number of anilines is 1. The minimum Gasteiger partial charge on any atom is -0.367 e. The summed E-state index contributed by atoms with van der Waals surface area (Å²) < 4.78 is 0. The minimum atomic E-state index is -0.325. The van der Waals surface area contributed by atoms with Gasteiger partial charge in [-0.05, 0) is 26.3 Å². The van der Waals surface area contributed by atoms with Gasteiger partial charge in [-0.25, -0.2) is 0 Å². The Hall–Kier alpha value is -2.24. The number of nitro groups is 1. The second kappa shape index (κ2) is 6.47. The highest BCUT2D eigenvalue weighted by atomic mass is 16.6. The van der Waals surface area contributed by atoms with Gasteiger partial charge in [-0.2, -0.15) is 10.2 Å². The third kappa shape index (κ3) is 3.09. The number of hydrogen-bond acceptors (Lipinski definition) is 5. The van der Waals surface area contributed by atoms with Crippen molar-refractivity contribution in [2.45, 2.75) is 27.2 Å². The van der Waals surface area contributed by atoms with Crippen LogP contribution in [0.2, 0.25) is 0 Å². The molecule has 0 amide bonds. The molecule has 21 heavy (non-hydrogen) atoms. The largest absolute Gasteiger partial charge is 0.367 e. The molecule has 112 valence electrons. The lowest BCUT2D eigenvalue weighted by molar-refractivity contribution is -0.384. The molecule has 0 N–H and O–H groups in total. The molecule has 0 saturated heterocycles. The van der Waals surface area contributed by atoms with Crippen LogP contribution in [-0.4, -0.2) is 29.9 Å². The normalized spacial score (nSPS) is 17.5. The lowest BCUT2D eigenvalue weighted by Gasteiger charge is -2.22. The molecule has 1 heterocycles. The number of nitro benzene ring substituents is 1. The van der Waals surface area contributed by atoms with E-state index < -0.39 is 0 Å². The molecule has 1 aliphatic heterocycles. The van der Waals surface area contributed by atoms with E-state index in [2.05, 4.69) is 10.2 Å². The first-order chi connectivity index (χ1) is 10.1. The molecule has 1 atom stereocenters. The molecule has 2 rings (SSSR count). The molecule has 0 radical (unpaired) electrons. The van der Waals surface area contributed by atoms with Crippen molar-refractivity contribution >= 4 is 23.3 Å². The first kappa shape index (κ1) is 15.2. The maximum atomic E-state index is 11.4. The van der Waals surface area contributed by atoms with Crippen molar-refractivity contribution in [2.24, 2.45) is 16.1 Å².